The summed E-state index contributed by atoms with van der Waals surface area (Å²) in [7, 11) is 3.16. The number of hydrogen-bond acceptors (Lipinski definition) is 4. The molecule has 0 bridgehead atoms. The fourth-order valence-corrected chi connectivity index (χ4v) is 2.68. The molecule has 0 radical (unpaired) electrons. The third-order valence-electron chi connectivity index (χ3n) is 4.00. The lowest BCUT2D eigenvalue weighted by Crippen LogP contribution is -2.33. The number of carbonyl (C=O) groups excluding carboxylic acids is 1. The average molecular weight is 355 g/mol. The molecule has 0 fully saturated rings. The van der Waals surface area contributed by atoms with Crippen LogP contribution in [0.4, 0.5) is 0 Å². The minimum absolute atomic E-state index is 0.0811. The number of aliphatic hydroxyl groups excluding tert-OH is 1. The Morgan fingerprint density at radius 3 is 2.38 bits per heavy atom. The number of aliphatic hydroxyl groups is 1. The molecule has 0 saturated heterocycles. The van der Waals surface area contributed by atoms with E-state index in [0.29, 0.717) is 23.6 Å². The molecule has 2 aromatic carbocycles. The summed E-state index contributed by atoms with van der Waals surface area (Å²) in [4.78, 5) is 14.5. The molecule has 26 heavy (non-hydrogen) atoms. The molecule has 5 nitrogen and oxygen atoms in total. The van der Waals surface area contributed by atoms with Crippen LogP contribution in [-0.2, 0) is 11.3 Å². The van der Waals surface area contributed by atoms with Crippen LogP contribution in [0.15, 0.2) is 54.1 Å². The van der Waals surface area contributed by atoms with E-state index in [0.717, 1.165) is 11.1 Å². The highest BCUT2D eigenvalue weighted by Crippen LogP contribution is 2.28. The van der Waals surface area contributed by atoms with Gasteiger partial charge in [0.15, 0.2) is 11.5 Å². The maximum absolute atomic E-state index is 12.8. The lowest BCUT2D eigenvalue weighted by atomic mass is 10.1. The van der Waals surface area contributed by atoms with Crippen molar-refractivity contribution in [1.82, 2.24) is 4.90 Å². The van der Waals surface area contributed by atoms with Gasteiger partial charge in [0.2, 0.25) is 5.91 Å². The number of carbonyl (C=O) groups is 1. The van der Waals surface area contributed by atoms with Gasteiger partial charge in [-0.1, -0.05) is 36.4 Å². The van der Waals surface area contributed by atoms with Crippen LogP contribution in [0.1, 0.15) is 18.1 Å². The largest absolute Gasteiger partial charge is 0.493 e. The highest BCUT2D eigenvalue weighted by atomic mass is 16.5. The van der Waals surface area contributed by atoms with Crippen molar-refractivity contribution in [2.45, 2.75) is 13.5 Å². The molecule has 0 unspecified atom stereocenters. The van der Waals surface area contributed by atoms with Crippen molar-refractivity contribution in [2.75, 3.05) is 27.4 Å². The average Bonchev–Trinajstić information content (AvgIpc) is 2.67. The Balaban J connectivity index is 2.20. The fraction of sp³-hybridized carbons (Fsp3) is 0.286. The molecule has 0 heterocycles. The van der Waals surface area contributed by atoms with Crippen LogP contribution in [0.5, 0.6) is 11.5 Å². The van der Waals surface area contributed by atoms with Gasteiger partial charge in [-0.3, -0.25) is 4.79 Å². The van der Waals surface area contributed by atoms with Crippen LogP contribution in [0.25, 0.3) is 6.08 Å². The van der Waals surface area contributed by atoms with Gasteiger partial charge in [0.1, 0.15) is 0 Å². The molecule has 0 saturated carbocycles. The fourth-order valence-electron chi connectivity index (χ4n) is 2.68. The molecule has 0 atom stereocenters. The van der Waals surface area contributed by atoms with E-state index in [1.807, 2.05) is 42.5 Å². The zero-order valence-corrected chi connectivity index (χ0v) is 15.4. The van der Waals surface area contributed by atoms with Gasteiger partial charge in [0.25, 0.3) is 0 Å². The molecular weight excluding hydrogens is 330 g/mol. The summed E-state index contributed by atoms with van der Waals surface area (Å²) in [5.41, 5.74) is 2.45. The summed E-state index contributed by atoms with van der Waals surface area (Å²) >= 11 is 0. The molecule has 0 aliphatic rings. The Morgan fingerprint density at radius 2 is 1.77 bits per heavy atom. The van der Waals surface area contributed by atoms with Crippen molar-refractivity contribution in [3.05, 3.63) is 65.2 Å². The molecule has 2 aromatic rings. The predicted molar refractivity (Wildman–Crippen MR) is 102 cm³/mol. The molecular formula is C21H25NO4. The summed E-state index contributed by atoms with van der Waals surface area (Å²) in [6, 6.07) is 15.2. The Morgan fingerprint density at radius 1 is 1.08 bits per heavy atom. The van der Waals surface area contributed by atoms with E-state index in [1.165, 1.54) is 0 Å². The lowest BCUT2D eigenvalue weighted by molar-refractivity contribution is -0.128. The van der Waals surface area contributed by atoms with Gasteiger partial charge in [-0.25, -0.2) is 0 Å². The minimum Gasteiger partial charge on any atom is -0.493 e. The van der Waals surface area contributed by atoms with Crippen LogP contribution in [0.3, 0.4) is 0 Å². The van der Waals surface area contributed by atoms with Crippen LogP contribution in [0, 0.1) is 0 Å². The number of hydrogen-bond donors (Lipinski definition) is 1. The zero-order chi connectivity index (χ0) is 18.9. The Labute approximate surface area is 154 Å². The second-order valence-corrected chi connectivity index (χ2v) is 5.88. The van der Waals surface area contributed by atoms with E-state index in [2.05, 4.69) is 0 Å². The third-order valence-corrected chi connectivity index (χ3v) is 4.00. The number of amides is 1. The molecule has 2 rings (SSSR count). The first-order valence-electron chi connectivity index (χ1n) is 8.43. The topological polar surface area (TPSA) is 59.0 Å². The van der Waals surface area contributed by atoms with Crippen molar-refractivity contribution in [3.8, 4) is 11.5 Å². The molecule has 1 amide bonds. The Kier molecular flexibility index (Phi) is 7.24. The molecule has 138 valence electrons. The first-order chi connectivity index (χ1) is 12.6. The molecule has 5 heteroatoms. The summed E-state index contributed by atoms with van der Waals surface area (Å²) in [6.07, 6.45) is 1.81. The van der Waals surface area contributed by atoms with E-state index < -0.39 is 0 Å². The maximum Gasteiger partial charge on any atom is 0.249 e. The Bertz CT molecular complexity index is 756. The standard InChI is InChI=1S/C21H25NO4/c1-16(13-18-9-10-19(25-2)20(14-18)26-3)21(24)22(11-12-23)15-17-7-5-4-6-8-17/h4-10,13-14,23H,11-12,15H2,1-3H3/b16-13+. The van der Waals surface area contributed by atoms with Crippen LogP contribution >= 0.6 is 0 Å². The van der Waals surface area contributed by atoms with Gasteiger partial charge in [0.05, 0.1) is 20.8 Å². The minimum atomic E-state index is -0.113. The molecule has 0 aliphatic carbocycles. The second-order valence-electron chi connectivity index (χ2n) is 5.88. The Hall–Kier alpha value is -2.79. The van der Waals surface area contributed by atoms with E-state index >= 15 is 0 Å². The summed E-state index contributed by atoms with van der Waals surface area (Å²) in [5.74, 6) is 1.13. The molecule has 0 aliphatic heterocycles. The molecule has 0 spiro atoms. The van der Waals surface area contributed by atoms with Gasteiger partial charge in [-0.15, -0.1) is 0 Å². The summed E-state index contributed by atoms with van der Waals surface area (Å²) in [5, 5.41) is 9.32. The predicted octanol–water partition coefficient (Wildman–Crippen LogP) is 3.13. The van der Waals surface area contributed by atoms with Crippen molar-refractivity contribution in [2.24, 2.45) is 0 Å². The number of benzene rings is 2. The highest BCUT2D eigenvalue weighted by molar-refractivity contribution is 5.97. The number of ether oxygens (including phenoxy) is 2. The summed E-state index contributed by atoms with van der Waals surface area (Å²) in [6.45, 7) is 2.43. The highest BCUT2D eigenvalue weighted by Gasteiger charge is 2.15. The maximum atomic E-state index is 12.8. The van der Waals surface area contributed by atoms with Crippen LogP contribution in [-0.4, -0.2) is 43.3 Å². The van der Waals surface area contributed by atoms with E-state index in [9.17, 15) is 9.90 Å². The smallest absolute Gasteiger partial charge is 0.249 e. The SMILES string of the molecule is COc1ccc(/C=C(\C)C(=O)N(CCO)Cc2ccccc2)cc1OC. The molecule has 1 N–H and O–H groups in total. The molecule has 0 aromatic heterocycles. The van der Waals surface area contributed by atoms with Gasteiger partial charge < -0.3 is 19.5 Å². The first-order valence-corrected chi connectivity index (χ1v) is 8.43. The van der Waals surface area contributed by atoms with E-state index in [4.69, 9.17) is 9.47 Å². The first kappa shape index (κ1) is 19.5. The van der Waals surface area contributed by atoms with Crippen molar-refractivity contribution >= 4 is 12.0 Å². The quantitative estimate of drug-likeness (QED) is 0.739. The van der Waals surface area contributed by atoms with Crippen molar-refractivity contribution in [3.63, 3.8) is 0 Å². The van der Waals surface area contributed by atoms with Gasteiger partial charge in [-0.2, -0.15) is 0 Å². The van der Waals surface area contributed by atoms with E-state index in [-0.39, 0.29) is 19.1 Å². The van der Waals surface area contributed by atoms with Crippen LogP contribution in [0.2, 0.25) is 0 Å². The van der Waals surface area contributed by atoms with Gasteiger partial charge >= 0.3 is 0 Å². The van der Waals surface area contributed by atoms with Crippen molar-refractivity contribution in [1.29, 1.82) is 0 Å². The van der Waals surface area contributed by atoms with Gasteiger partial charge in [-0.05, 0) is 36.3 Å². The van der Waals surface area contributed by atoms with Gasteiger partial charge in [0, 0.05) is 18.7 Å². The van der Waals surface area contributed by atoms with E-state index in [1.54, 1.807) is 38.2 Å². The second kappa shape index (κ2) is 9.63. The third kappa shape index (κ3) is 5.10. The number of methoxy groups -OCH3 is 2. The normalized spacial score (nSPS) is 11.2. The van der Waals surface area contributed by atoms with Crippen LogP contribution < -0.4 is 9.47 Å². The monoisotopic (exact) mass is 355 g/mol. The number of rotatable bonds is 8. The summed E-state index contributed by atoms with van der Waals surface area (Å²) < 4.78 is 10.5. The zero-order valence-electron chi connectivity index (χ0n) is 15.4. The lowest BCUT2D eigenvalue weighted by Gasteiger charge is -2.22. The number of nitrogens with zero attached hydrogens (tertiary/aromatic N) is 1. The van der Waals surface area contributed by atoms with Crippen molar-refractivity contribution < 1.29 is 19.4 Å².